The van der Waals surface area contributed by atoms with E-state index >= 15 is 0 Å². The van der Waals surface area contributed by atoms with Crippen molar-refractivity contribution in [3.05, 3.63) is 64.5 Å². The number of nitrogens with zero attached hydrogens (tertiary/aromatic N) is 2. The SMILES string of the molecule is O=C(C#Cc1ccc(-c2nnc([C@@H](O)CO)o2)cc1Cl)Nc1ccc(C(F)(F)F)cc1. The first-order valence-electron chi connectivity index (χ1n) is 8.60. The van der Waals surface area contributed by atoms with Crippen molar-refractivity contribution in [3.63, 3.8) is 0 Å². The first-order chi connectivity index (χ1) is 14.7. The Morgan fingerprint density at radius 1 is 1.19 bits per heavy atom. The quantitative estimate of drug-likeness (QED) is 0.524. The lowest BCUT2D eigenvalue weighted by Crippen LogP contribution is -2.09. The van der Waals surface area contributed by atoms with Gasteiger partial charge < -0.3 is 19.9 Å². The van der Waals surface area contributed by atoms with Crippen molar-refractivity contribution in [1.29, 1.82) is 0 Å². The van der Waals surface area contributed by atoms with E-state index in [1.807, 2.05) is 0 Å². The molecule has 1 atom stereocenters. The van der Waals surface area contributed by atoms with Gasteiger partial charge in [-0.3, -0.25) is 4.79 Å². The average molecular weight is 452 g/mol. The van der Waals surface area contributed by atoms with Crippen LogP contribution in [0, 0.1) is 11.8 Å². The fraction of sp³-hybridized carbons (Fsp3) is 0.150. The van der Waals surface area contributed by atoms with E-state index in [4.69, 9.17) is 21.1 Å². The van der Waals surface area contributed by atoms with Gasteiger partial charge in [-0.05, 0) is 42.5 Å². The highest BCUT2D eigenvalue weighted by molar-refractivity contribution is 6.32. The molecule has 0 saturated heterocycles. The number of alkyl halides is 3. The van der Waals surface area contributed by atoms with Gasteiger partial charge in [-0.1, -0.05) is 17.5 Å². The molecule has 0 spiro atoms. The third-order valence-corrected chi connectivity index (χ3v) is 4.21. The summed E-state index contributed by atoms with van der Waals surface area (Å²) < 4.78 is 42.9. The van der Waals surface area contributed by atoms with Gasteiger partial charge in [-0.2, -0.15) is 13.2 Å². The molecule has 7 nitrogen and oxygen atoms in total. The Bertz CT molecular complexity index is 1150. The van der Waals surface area contributed by atoms with Crippen LogP contribution in [0.5, 0.6) is 0 Å². The van der Waals surface area contributed by atoms with Crippen molar-refractivity contribution in [1.82, 2.24) is 10.2 Å². The van der Waals surface area contributed by atoms with E-state index < -0.39 is 30.4 Å². The van der Waals surface area contributed by atoms with Crippen LogP contribution in [0.3, 0.4) is 0 Å². The number of benzene rings is 2. The predicted molar refractivity (Wildman–Crippen MR) is 104 cm³/mol. The lowest BCUT2D eigenvalue weighted by atomic mass is 10.1. The third-order valence-electron chi connectivity index (χ3n) is 3.90. The van der Waals surface area contributed by atoms with Gasteiger partial charge in [-0.15, -0.1) is 10.2 Å². The standard InChI is InChI=1S/C20H13ClF3N3O4/c21-15-9-12(18-26-27-19(31-18)16(29)10-28)2-1-11(15)3-8-17(30)25-14-6-4-13(5-7-14)20(22,23)24/h1-2,4-7,9,16,28-29H,10H2,(H,25,30)/t16-/m0/s1. The monoisotopic (exact) mass is 451 g/mol. The van der Waals surface area contributed by atoms with Gasteiger partial charge in [0.25, 0.3) is 0 Å². The second-order valence-corrected chi connectivity index (χ2v) is 6.52. The maximum Gasteiger partial charge on any atom is 0.416 e. The Balaban J connectivity index is 1.69. The molecule has 1 amide bonds. The van der Waals surface area contributed by atoms with E-state index in [9.17, 15) is 23.1 Å². The van der Waals surface area contributed by atoms with Crippen LogP contribution < -0.4 is 5.32 Å². The molecule has 0 aliphatic carbocycles. The van der Waals surface area contributed by atoms with Crippen molar-refractivity contribution in [2.45, 2.75) is 12.3 Å². The van der Waals surface area contributed by atoms with Gasteiger partial charge in [0, 0.05) is 22.7 Å². The number of carbonyl (C=O) groups excluding carboxylic acids is 1. The van der Waals surface area contributed by atoms with E-state index in [1.54, 1.807) is 6.07 Å². The molecule has 0 bridgehead atoms. The average Bonchev–Trinajstić information content (AvgIpc) is 3.22. The van der Waals surface area contributed by atoms with Crippen molar-refractivity contribution < 1.29 is 32.6 Å². The molecule has 11 heteroatoms. The second kappa shape index (κ2) is 9.18. The number of carbonyl (C=O) groups is 1. The minimum Gasteiger partial charge on any atom is -0.418 e. The zero-order valence-electron chi connectivity index (χ0n) is 15.4. The summed E-state index contributed by atoms with van der Waals surface area (Å²) in [5.74, 6) is 4.03. The van der Waals surface area contributed by atoms with E-state index in [0.29, 0.717) is 11.1 Å². The molecule has 0 saturated carbocycles. The Labute approximate surface area is 178 Å². The van der Waals surface area contributed by atoms with Gasteiger partial charge in [0.05, 0.1) is 17.2 Å². The topological polar surface area (TPSA) is 108 Å². The number of aliphatic hydroxyl groups is 2. The summed E-state index contributed by atoms with van der Waals surface area (Å²) in [7, 11) is 0. The molecule has 3 aromatic rings. The first kappa shape index (κ1) is 22.3. The van der Waals surface area contributed by atoms with Crippen molar-refractivity contribution >= 4 is 23.2 Å². The number of hydrogen-bond acceptors (Lipinski definition) is 6. The lowest BCUT2D eigenvalue weighted by molar-refractivity contribution is -0.137. The number of nitrogens with one attached hydrogen (secondary N) is 1. The summed E-state index contributed by atoms with van der Waals surface area (Å²) in [5.41, 5.74) is 0.0606. The Morgan fingerprint density at radius 3 is 2.52 bits per heavy atom. The number of amides is 1. The van der Waals surface area contributed by atoms with E-state index in [2.05, 4.69) is 27.4 Å². The molecule has 0 unspecified atom stereocenters. The lowest BCUT2D eigenvalue weighted by Gasteiger charge is -2.07. The molecule has 0 fully saturated rings. The molecule has 3 N–H and O–H groups in total. The summed E-state index contributed by atoms with van der Waals surface area (Å²) in [4.78, 5) is 11.9. The number of anilines is 1. The summed E-state index contributed by atoms with van der Waals surface area (Å²) in [5, 5.41) is 28.3. The van der Waals surface area contributed by atoms with Crippen LogP contribution >= 0.6 is 11.6 Å². The Morgan fingerprint density at radius 2 is 1.90 bits per heavy atom. The van der Waals surface area contributed by atoms with Gasteiger partial charge in [0.1, 0.15) is 0 Å². The number of aromatic nitrogens is 2. The summed E-state index contributed by atoms with van der Waals surface area (Å²) in [6.07, 6.45) is -5.77. The van der Waals surface area contributed by atoms with Gasteiger partial charge in [0.2, 0.25) is 11.8 Å². The van der Waals surface area contributed by atoms with E-state index in [1.165, 1.54) is 12.1 Å². The number of rotatable bonds is 4. The van der Waals surface area contributed by atoms with Crippen LogP contribution in [0.2, 0.25) is 5.02 Å². The molecular formula is C20H13ClF3N3O4. The van der Waals surface area contributed by atoms with E-state index in [-0.39, 0.29) is 22.5 Å². The molecule has 3 rings (SSSR count). The van der Waals surface area contributed by atoms with Crippen LogP contribution in [0.4, 0.5) is 18.9 Å². The van der Waals surface area contributed by atoms with Crippen LogP contribution in [0.1, 0.15) is 23.1 Å². The maximum atomic E-state index is 12.6. The summed E-state index contributed by atoms with van der Waals surface area (Å²) in [6.45, 7) is -0.578. The molecule has 31 heavy (non-hydrogen) atoms. The first-order valence-corrected chi connectivity index (χ1v) is 8.97. The van der Waals surface area contributed by atoms with E-state index in [0.717, 1.165) is 24.3 Å². The Kier molecular flexibility index (Phi) is 6.60. The van der Waals surface area contributed by atoms with Gasteiger partial charge in [0.15, 0.2) is 6.10 Å². The molecule has 0 radical (unpaired) electrons. The third kappa shape index (κ3) is 5.61. The summed E-state index contributed by atoms with van der Waals surface area (Å²) >= 11 is 6.16. The highest BCUT2D eigenvalue weighted by Gasteiger charge is 2.29. The molecule has 2 aromatic carbocycles. The van der Waals surface area contributed by atoms with Crippen molar-refractivity contribution in [2.24, 2.45) is 0 Å². The normalized spacial score (nSPS) is 12.1. The zero-order valence-corrected chi connectivity index (χ0v) is 16.2. The smallest absolute Gasteiger partial charge is 0.416 e. The minimum absolute atomic E-state index is 0.0592. The number of aliphatic hydroxyl groups excluding tert-OH is 2. The second-order valence-electron chi connectivity index (χ2n) is 6.12. The highest BCUT2D eigenvalue weighted by atomic mass is 35.5. The van der Waals surface area contributed by atoms with Crippen LogP contribution in [0.15, 0.2) is 46.9 Å². The summed E-state index contributed by atoms with van der Waals surface area (Å²) in [6, 6.07) is 8.45. The molecule has 0 aliphatic rings. The van der Waals surface area contributed by atoms with Crippen LogP contribution in [-0.4, -0.2) is 32.9 Å². The van der Waals surface area contributed by atoms with Crippen molar-refractivity contribution in [3.8, 4) is 23.3 Å². The maximum absolute atomic E-state index is 12.6. The molecule has 0 aliphatic heterocycles. The highest BCUT2D eigenvalue weighted by Crippen LogP contribution is 2.30. The zero-order chi connectivity index (χ0) is 22.6. The Hall–Kier alpha value is -3.39. The predicted octanol–water partition coefficient (Wildman–Crippen LogP) is 3.42. The number of hydrogen-bond donors (Lipinski definition) is 3. The largest absolute Gasteiger partial charge is 0.418 e. The molecule has 1 aromatic heterocycles. The number of halogens is 4. The fourth-order valence-corrected chi connectivity index (χ4v) is 2.57. The fourth-order valence-electron chi connectivity index (χ4n) is 2.34. The van der Waals surface area contributed by atoms with Crippen LogP contribution in [-0.2, 0) is 11.0 Å². The van der Waals surface area contributed by atoms with Gasteiger partial charge in [-0.25, -0.2) is 0 Å². The molecule has 160 valence electrons. The van der Waals surface area contributed by atoms with Crippen LogP contribution in [0.25, 0.3) is 11.5 Å². The molecule has 1 heterocycles. The minimum atomic E-state index is -4.47. The molecular weight excluding hydrogens is 439 g/mol. The van der Waals surface area contributed by atoms with Crippen molar-refractivity contribution in [2.75, 3.05) is 11.9 Å². The van der Waals surface area contributed by atoms with Gasteiger partial charge >= 0.3 is 12.1 Å².